The Labute approximate surface area is 163 Å². The van der Waals surface area contributed by atoms with E-state index in [0.717, 1.165) is 50.5 Å². The third-order valence-electron chi connectivity index (χ3n) is 4.07. The van der Waals surface area contributed by atoms with Crippen molar-refractivity contribution in [1.82, 2.24) is 0 Å². The molecule has 0 fully saturated rings. The summed E-state index contributed by atoms with van der Waals surface area (Å²) in [5, 5.41) is 33.0. The molecule has 0 aromatic carbocycles. The lowest BCUT2D eigenvalue weighted by Gasteiger charge is -1.99. The Kier molecular flexibility index (Phi) is 13.6. The fraction of sp³-hybridized carbons (Fsp3) is 0.611. The Morgan fingerprint density at radius 1 is 0.679 bits per heavy atom. The first-order chi connectivity index (χ1) is 13.3. The molecular weight excluding hydrogens is 370 g/mol. The van der Waals surface area contributed by atoms with Crippen LogP contribution in [-0.4, -0.2) is 21.1 Å². The minimum atomic E-state index is -0.680. The van der Waals surface area contributed by atoms with Crippen molar-refractivity contribution < 1.29 is 19.6 Å². The number of rotatable bonds is 16. The molecular formula is C18H27N3O7. The van der Waals surface area contributed by atoms with Crippen molar-refractivity contribution in [3.63, 3.8) is 0 Å². The van der Waals surface area contributed by atoms with E-state index in [1.54, 1.807) is 6.92 Å². The zero-order valence-corrected chi connectivity index (χ0v) is 16.1. The Bertz CT molecular complexity index is 639. The van der Waals surface area contributed by atoms with Gasteiger partial charge in [-0.05, 0) is 37.5 Å². The van der Waals surface area contributed by atoms with Crippen LogP contribution in [0.25, 0.3) is 0 Å². The Morgan fingerprint density at radius 3 is 1.57 bits per heavy atom. The van der Waals surface area contributed by atoms with Gasteiger partial charge in [-0.25, -0.2) is 0 Å². The summed E-state index contributed by atoms with van der Waals surface area (Å²) >= 11 is 0. The molecule has 10 nitrogen and oxygen atoms in total. The Balaban J connectivity index is 4.76. The SMILES string of the molecule is CC/C(=C\C/C(=C\C/C(=C\CCCCCCCC=O)[N+](=O)[O-])[N+](=O)[O-])[N+](=O)[O-]. The number of nitrogens with zero attached hydrogens (tertiary/aromatic N) is 3. The van der Waals surface area contributed by atoms with Gasteiger partial charge in [0.1, 0.15) is 6.29 Å². The molecule has 0 aliphatic heterocycles. The third kappa shape index (κ3) is 11.7. The minimum absolute atomic E-state index is 0.130. The summed E-state index contributed by atoms with van der Waals surface area (Å²) in [6, 6.07) is 0. The summed E-state index contributed by atoms with van der Waals surface area (Å²) in [4.78, 5) is 41.3. The van der Waals surface area contributed by atoms with Crippen molar-refractivity contribution in [3.05, 3.63) is 65.7 Å². The number of nitro groups is 3. The van der Waals surface area contributed by atoms with E-state index < -0.39 is 14.8 Å². The van der Waals surface area contributed by atoms with E-state index in [0.29, 0.717) is 12.8 Å². The van der Waals surface area contributed by atoms with E-state index in [1.807, 2.05) is 0 Å². The highest BCUT2D eigenvalue weighted by atomic mass is 16.6. The predicted octanol–water partition coefficient (Wildman–Crippen LogP) is 4.59. The second-order valence-electron chi connectivity index (χ2n) is 6.13. The first kappa shape index (κ1) is 25.1. The fourth-order valence-electron chi connectivity index (χ4n) is 2.43. The van der Waals surface area contributed by atoms with Crippen molar-refractivity contribution in [2.45, 2.75) is 71.1 Å². The average molecular weight is 397 g/mol. The summed E-state index contributed by atoms with van der Waals surface area (Å²) in [5.74, 6) is 0. The number of unbranched alkanes of at least 4 members (excludes halogenated alkanes) is 6. The molecule has 156 valence electrons. The van der Waals surface area contributed by atoms with Crippen LogP contribution in [0.15, 0.2) is 35.3 Å². The summed E-state index contributed by atoms with van der Waals surface area (Å²) in [7, 11) is 0. The van der Waals surface area contributed by atoms with Gasteiger partial charge in [-0.15, -0.1) is 0 Å². The Morgan fingerprint density at radius 2 is 1.11 bits per heavy atom. The molecule has 0 saturated heterocycles. The van der Waals surface area contributed by atoms with E-state index in [9.17, 15) is 35.1 Å². The standard InChI is InChI=1S/C18H27N3O7/c1-2-16(19(23)24)11-12-18(21(27)28)14-13-17(20(25)26)10-8-6-4-3-5-7-9-15-22/h10-11,14-15H,2-9,12-13H2,1H3/b16-11+,17-10+,18-14+. The number of hydrogen-bond acceptors (Lipinski definition) is 7. The van der Waals surface area contributed by atoms with Gasteiger partial charge >= 0.3 is 0 Å². The van der Waals surface area contributed by atoms with Crippen LogP contribution in [0.3, 0.4) is 0 Å². The topological polar surface area (TPSA) is 146 Å². The first-order valence-electron chi connectivity index (χ1n) is 9.27. The molecule has 0 N–H and O–H groups in total. The second-order valence-corrected chi connectivity index (χ2v) is 6.13. The van der Waals surface area contributed by atoms with Crippen molar-refractivity contribution in [2.75, 3.05) is 0 Å². The normalized spacial score (nSPS) is 12.7. The quantitative estimate of drug-likeness (QED) is 0.160. The molecule has 0 aromatic rings. The maximum absolute atomic E-state index is 11.1. The van der Waals surface area contributed by atoms with E-state index in [1.165, 1.54) is 6.08 Å². The maximum Gasteiger partial charge on any atom is 0.246 e. The van der Waals surface area contributed by atoms with Crippen LogP contribution in [0.2, 0.25) is 0 Å². The van der Waals surface area contributed by atoms with Gasteiger partial charge in [0.2, 0.25) is 17.1 Å². The number of allylic oxidation sites excluding steroid dienone is 4. The third-order valence-corrected chi connectivity index (χ3v) is 4.07. The van der Waals surface area contributed by atoms with Crippen LogP contribution in [0.4, 0.5) is 0 Å². The van der Waals surface area contributed by atoms with E-state index in [4.69, 9.17) is 0 Å². The molecule has 0 aliphatic rings. The average Bonchev–Trinajstić information content (AvgIpc) is 2.63. The monoisotopic (exact) mass is 397 g/mol. The molecule has 0 rings (SSSR count). The van der Waals surface area contributed by atoms with Gasteiger partial charge in [-0.3, -0.25) is 30.3 Å². The summed E-state index contributed by atoms with van der Waals surface area (Å²) < 4.78 is 0. The van der Waals surface area contributed by atoms with Gasteiger partial charge in [-0.2, -0.15) is 0 Å². The van der Waals surface area contributed by atoms with E-state index in [-0.39, 0.29) is 36.4 Å². The van der Waals surface area contributed by atoms with Gasteiger partial charge in [0, 0.05) is 12.8 Å². The number of hydrogen-bond donors (Lipinski definition) is 0. The van der Waals surface area contributed by atoms with Gasteiger partial charge in [0.05, 0.1) is 27.6 Å². The molecule has 0 amide bonds. The van der Waals surface area contributed by atoms with Crippen molar-refractivity contribution in [3.8, 4) is 0 Å². The molecule has 0 unspecified atom stereocenters. The molecule has 0 bridgehead atoms. The van der Waals surface area contributed by atoms with Crippen LogP contribution in [0, 0.1) is 30.3 Å². The number of carbonyl (C=O) groups is 1. The fourth-order valence-corrected chi connectivity index (χ4v) is 2.43. The second kappa shape index (κ2) is 15.2. The lowest BCUT2D eigenvalue weighted by Crippen LogP contribution is -2.03. The van der Waals surface area contributed by atoms with Crippen LogP contribution >= 0.6 is 0 Å². The molecule has 0 radical (unpaired) electrons. The van der Waals surface area contributed by atoms with Gasteiger partial charge < -0.3 is 4.79 Å². The molecule has 0 heterocycles. The largest absolute Gasteiger partial charge is 0.303 e. The highest BCUT2D eigenvalue weighted by Crippen LogP contribution is 2.15. The zero-order valence-electron chi connectivity index (χ0n) is 16.1. The van der Waals surface area contributed by atoms with Crippen LogP contribution in [0.5, 0.6) is 0 Å². The number of carbonyl (C=O) groups excluding carboxylic acids is 1. The van der Waals surface area contributed by atoms with Crippen molar-refractivity contribution >= 4 is 6.29 Å². The van der Waals surface area contributed by atoms with Crippen molar-refractivity contribution in [2.24, 2.45) is 0 Å². The smallest absolute Gasteiger partial charge is 0.246 e. The molecule has 0 spiro atoms. The van der Waals surface area contributed by atoms with Crippen LogP contribution in [0.1, 0.15) is 71.1 Å². The number of aldehydes is 1. The van der Waals surface area contributed by atoms with Crippen LogP contribution < -0.4 is 0 Å². The van der Waals surface area contributed by atoms with Gasteiger partial charge in [0.25, 0.3) is 0 Å². The summed E-state index contributed by atoms with van der Waals surface area (Å²) in [6.45, 7) is 1.57. The van der Waals surface area contributed by atoms with Crippen molar-refractivity contribution in [1.29, 1.82) is 0 Å². The lowest BCUT2D eigenvalue weighted by atomic mass is 10.1. The maximum atomic E-state index is 11.1. The molecule has 28 heavy (non-hydrogen) atoms. The molecule has 10 heteroatoms. The van der Waals surface area contributed by atoms with E-state index in [2.05, 4.69) is 0 Å². The summed E-state index contributed by atoms with van der Waals surface area (Å²) in [6.07, 6.45) is 9.73. The first-order valence-corrected chi connectivity index (χ1v) is 9.27. The lowest BCUT2D eigenvalue weighted by molar-refractivity contribution is -0.434. The van der Waals surface area contributed by atoms with Gasteiger partial charge in [0.15, 0.2) is 0 Å². The van der Waals surface area contributed by atoms with E-state index >= 15 is 0 Å². The highest BCUT2D eigenvalue weighted by molar-refractivity contribution is 5.48. The Hall–Kier alpha value is -2.91. The minimum Gasteiger partial charge on any atom is -0.303 e. The molecule has 0 aliphatic carbocycles. The molecule has 0 atom stereocenters. The predicted molar refractivity (Wildman–Crippen MR) is 103 cm³/mol. The van der Waals surface area contributed by atoms with Crippen LogP contribution in [-0.2, 0) is 4.79 Å². The summed E-state index contributed by atoms with van der Waals surface area (Å²) in [5.41, 5.74) is -0.573. The molecule has 0 saturated carbocycles. The zero-order chi connectivity index (χ0) is 21.4. The molecule has 0 aromatic heterocycles. The highest BCUT2D eigenvalue weighted by Gasteiger charge is 2.16. The van der Waals surface area contributed by atoms with Gasteiger partial charge in [-0.1, -0.05) is 26.2 Å².